The van der Waals surface area contributed by atoms with Gasteiger partial charge >= 0.3 is 12.6 Å². The van der Waals surface area contributed by atoms with Crippen LogP contribution in [0.2, 0.25) is 5.04 Å². The van der Waals surface area contributed by atoms with Crippen LogP contribution < -0.4 is 0 Å². The number of carbonyl (C=O) groups is 1. The first-order chi connectivity index (χ1) is 16.6. The molecule has 0 amide bonds. The molecule has 4 aromatic rings. The summed E-state index contributed by atoms with van der Waals surface area (Å²) in [7, 11) is -6.73. The average molecular weight is 570 g/mol. The summed E-state index contributed by atoms with van der Waals surface area (Å²) in [5.74, 6) is -0.421. The Labute approximate surface area is 213 Å². The fourth-order valence-electron chi connectivity index (χ4n) is 4.60. The number of thiophene rings is 1. The fraction of sp³-hybridized carbons (Fsp3) is 0.364. The molecule has 2 N–H and O–H groups in total. The lowest BCUT2D eigenvalue weighted by atomic mass is 10.1. The molecule has 0 atom stereocenters. The van der Waals surface area contributed by atoms with Gasteiger partial charge in [-0.3, -0.25) is 5.10 Å². The SMILES string of the molecule is COC(=O)c1cc2[nH]nc(-c3cc4cc(CO[Si](C(C)(C)C)(S(C)(=O)=O)S(C)(=O)=O)ccc4[nH]3)c2s1. The van der Waals surface area contributed by atoms with Crippen molar-refractivity contribution in [3.63, 3.8) is 0 Å². The third-order valence-electron chi connectivity index (χ3n) is 5.89. The highest BCUT2D eigenvalue weighted by Crippen LogP contribution is 2.44. The van der Waals surface area contributed by atoms with E-state index >= 15 is 0 Å². The molecule has 0 saturated carbocycles. The molecule has 10 nitrogen and oxygen atoms in total. The minimum absolute atomic E-state index is 0.167. The number of fused-ring (bicyclic) bond motifs is 2. The average Bonchev–Trinajstić information content (AvgIpc) is 3.43. The number of aromatic amines is 2. The topological polar surface area (TPSA) is 148 Å². The third-order valence-corrected chi connectivity index (χ3v) is 27.0. The van der Waals surface area contributed by atoms with Gasteiger partial charge in [-0.15, -0.1) is 11.3 Å². The maximum Gasteiger partial charge on any atom is 0.462 e. The van der Waals surface area contributed by atoms with Crippen LogP contribution in [0.1, 0.15) is 36.0 Å². The lowest BCUT2D eigenvalue weighted by molar-refractivity contribution is 0.0606. The van der Waals surface area contributed by atoms with Gasteiger partial charge in [-0.1, -0.05) is 26.8 Å². The maximum absolute atomic E-state index is 12.8. The molecule has 3 heterocycles. The first kappa shape index (κ1) is 26.5. The number of rotatable bonds is 7. The van der Waals surface area contributed by atoms with Crippen LogP contribution in [-0.4, -0.2) is 64.2 Å². The van der Waals surface area contributed by atoms with Gasteiger partial charge in [0, 0.05) is 28.5 Å². The van der Waals surface area contributed by atoms with Crippen molar-refractivity contribution in [1.82, 2.24) is 15.2 Å². The fourth-order valence-corrected chi connectivity index (χ4v) is 24.5. The standard InChI is InChI=1S/C22H27N3O7S3Si/c1-22(2,3)36(34(5,27)28,35(6,29)30)32-12-13-7-8-15-14(9-13)10-16(23-15)19-20-17(24-25-19)11-18(33-20)21(26)31-4/h7-11,23H,12H2,1-6H3,(H,24,25). The molecule has 0 aliphatic carbocycles. The minimum atomic E-state index is -4.34. The normalized spacial score (nSPS) is 13.5. The molecule has 4 rings (SSSR count). The van der Waals surface area contributed by atoms with Crippen LogP contribution in [0.4, 0.5) is 0 Å². The summed E-state index contributed by atoms with van der Waals surface area (Å²) in [6.07, 6.45) is 1.88. The molecule has 0 aliphatic heterocycles. The number of hydrogen-bond acceptors (Lipinski definition) is 9. The Morgan fingerprint density at radius 3 is 2.31 bits per heavy atom. The van der Waals surface area contributed by atoms with E-state index in [1.807, 2.05) is 18.2 Å². The first-order valence-corrected chi connectivity index (χ1v) is 18.8. The molecule has 0 spiro atoms. The van der Waals surface area contributed by atoms with Gasteiger partial charge in [0.15, 0.2) is 18.6 Å². The molecular weight excluding hydrogens is 543 g/mol. The number of ether oxygens (including phenoxy) is 1. The second kappa shape index (κ2) is 8.80. The van der Waals surface area contributed by atoms with Crippen molar-refractivity contribution in [2.75, 3.05) is 19.6 Å². The van der Waals surface area contributed by atoms with Gasteiger partial charge in [0.25, 0.3) is 0 Å². The lowest BCUT2D eigenvalue weighted by Gasteiger charge is -2.37. The number of methoxy groups -OCH3 is 1. The predicted molar refractivity (Wildman–Crippen MR) is 143 cm³/mol. The Morgan fingerprint density at radius 2 is 1.72 bits per heavy atom. The number of hydrogen-bond donors (Lipinski definition) is 2. The molecule has 0 unspecified atom stereocenters. The van der Waals surface area contributed by atoms with Crippen molar-refractivity contribution in [1.29, 1.82) is 0 Å². The van der Waals surface area contributed by atoms with Gasteiger partial charge in [-0.2, -0.15) is 5.10 Å². The van der Waals surface area contributed by atoms with Gasteiger partial charge in [0.2, 0.25) is 0 Å². The summed E-state index contributed by atoms with van der Waals surface area (Å²) in [6.45, 7) is 0.251. The zero-order valence-corrected chi connectivity index (χ0v) is 24.1. The number of aromatic nitrogens is 3. The molecular formula is C22H27N3O7S3Si. The van der Waals surface area contributed by atoms with Crippen molar-refractivity contribution in [2.24, 2.45) is 0 Å². The van der Waals surface area contributed by atoms with Gasteiger partial charge in [-0.25, -0.2) is 21.6 Å². The highest BCUT2D eigenvalue weighted by Gasteiger charge is 2.66. The van der Waals surface area contributed by atoms with Gasteiger partial charge in [-0.05, 0) is 29.8 Å². The lowest BCUT2D eigenvalue weighted by Crippen LogP contribution is -2.60. The zero-order valence-electron chi connectivity index (χ0n) is 20.6. The largest absolute Gasteiger partial charge is 0.465 e. The van der Waals surface area contributed by atoms with Crippen LogP contribution in [0.25, 0.3) is 32.5 Å². The molecule has 0 aliphatic rings. The summed E-state index contributed by atoms with van der Waals surface area (Å²) in [4.78, 5) is 15.6. The first-order valence-electron chi connectivity index (χ1n) is 10.8. The second-order valence-corrected chi connectivity index (χ2v) is 25.4. The Balaban J connectivity index is 1.70. The van der Waals surface area contributed by atoms with Gasteiger partial charge < -0.3 is 14.1 Å². The van der Waals surface area contributed by atoms with E-state index in [0.29, 0.717) is 21.7 Å². The van der Waals surface area contributed by atoms with Gasteiger partial charge in [0.05, 0.1) is 29.6 Å². The Bertz CT molecular complexity index is 1660. The summed E-state index contributed by atoms with van der Waals surface area (Å²) in [5.41, 5.74) is 3.52. The summed E-state index contributed by atoms with van der Waals surface area (Å²) < 4.78 is 62.7. The molecule has 36 heavy (non-hydrogen) atoms. The minimum Gasteiger partial charge on any atom is -0.465 e. The number of benzene rings is 1. The van der Waals surface area contributed by atoms with E-state index in [2.05, 4.69) is 15.2 Å². The summed E-state index contributed by atoms with van der Waals surface area (Å²) in [5, 5.41) is 7.00. The Morgan fingerprint density at radius 1 is 1.06 bits per heavy atom. The molecule has 3 aromatic heterocycles. The van der Waals surface area contributed by atoms with Crippen LogP contribution in [0.5, 0.6) is 0 Å². The van der Waals surface area contributed by atoms with E-state index in [-0.39, 0.29) is 6.61 Å². The van der Waals surface area contributed by atoms with E-state index in [1.54, 1.807) is 32.9 Å². The highest BCUT2D eigenvalue weighted by atomic mass is 32.6. The van der Waals surface area contributed by atoms with Crippen LogP contribution in [0.3, 0.4) is 0 Å². The predicted octanol–water partition coefficient (Wildman–Crippen LogP) is 3.90. The molecule has 14 heteroatoms. The van der Waals surface area contributed by atoms with Gasteiger partial charge in [0.1, 0.15) is 10.6 Å². The molecule has 194 valence electrons. The summed E-state index contributed by atoms with van der Waals surface area (Å²) >= 11 is 1.27. The zero-order chi connectivity index (χ0) is 26.7. The quantitative estimate of drug-likeness (QED) is 0.251. The number of H-pyrrole nitrogens is 2. The molecule has 0 radical (unpaired) electrons. The number of esters is 1. The van der Waals surface area contributed by atoms with Crippen molar-refractivity contribution in [3.05, 3.63) is 40.8 Å². The smallest absolute Gasteiger partial charge is 0.462 e. The number of nitrogens with one attached hydrogen (secondary N) is 2. The highest BCUT2D eigenvalue weighted by molar-refractivity contribution is 8.50. The molecule has 0 bridgehead atoms. The van der Waals surface area contributed by atoms with E-state index in [1.165, 1.54) is 18.4 Å². The van der Waals surface area contributed by atoms with Crippen LogP contribution in [0.15, 0.2) is 30.3 Å². The monoisotopic (exact) mass is 569 g/mol. The molecule has 0 saturated heterocycles. The Kier molecular flexibility index (Phi) is 6.49. The van der Waals surface area contributed by atoms with E-state index in [4.69, 9.17) is 9.16 Å². The van der Waals surface area contributed by atoms with Crippen molar-refractivity contribution >= 4 is 63.6 Å². The van der Waals surface area contributed by atoms with Crippen molar-refractivity contribution in [3.8, 4) is 11.4 Å². The molecule has 0 fully saturated rings. The summed E-state index contributed by atoms with van der Waals surface area (Å²) in [6, 6.07) is 8.97. The van der Waals surface area contributed by atoms with Crippen LogP contribution in [-0.2, 0) is 34.3 Å². The third kappa shape index (κ3) is 4.30. The van der Waals surface area contributed by atoms with E-state index in [0.717, 1.165) is 33.8 Å². The van der Waals surface area contributed by atoms with E-state index in [9.17, 15) is 21.6 Å². The van der Waals surface area contributed by atoms with Crippen molar-refractivity contribution in [2.45, 2.75) is 32.4 Å². The van der Waals surface area contributed by atoms with Crippen molar-refractivity contribution < 1.29 is 30.8 Å². The van der Waals surface area contributed by atoms with Crippen LogP contribution >= 0.6 is 11.3 Å². The molecule has 1 aromatic carbocycles. The van der Waals surface area contributed by atoms with E-state index < -0.39 is 36.2 Å². The number of nitrogens with zero attached hydrogens (tertiary/aromatic N) is 1. The van der Waals surface area contributed by atoms with Crippen LogP contribution in [0, 0.1) is 0 Å². The second-order valence-electron chi connectivity index (χ2n) is 9.66. The number of carbonyl (C=O) groups excluding carboxylic acids is 1. The Hall–Kier alpha value is -2.52. The maximum atomic E-state index is 12.8.